The Kier molecular flexibility index (Phi) is 8.43. The fourth-order valence-corrected chi connectivity index (χ4v) is 3.94. The number of carboxylic acid groups (broad SMARTS) is 1. The molecule has 3 N–H and O–H groups in total. The molecule has 176 valence electrons. The first kappa shape index (κ1) is 24.3. The van der Waals surface area contributed by atoms with Crippen LogP contribution in [0.15, 0.2) is 48.5 Å². The highest BCUT2D eigenvalue weighted by Crippen LogP contribution is 2.44. The summed E-state index contributed by atoms with van der Waals surface area (Å²) in [5, 5.41) is 14.0. The van der Waals surface area contributed by atoms with Crippen molar-refractivity contribution in [2.75, 3.05) is 26.4 Å². The topological polar surface area (TPSA) is 114 Å². The third-order valence-corrected chi connectivity index (χ3v) is 5.65. The number of hydrogen-bond donors (Lipinski definition) is 3. The van der Waals surface area contributed by atoms with Gasteiger partial charge in [0.2, 0.25) is 5.91 Å². The molecule has 8 heteroatoms. The van der Waals surface area contributed by atoms with Gasteiger partial charge in [0.15, 0.2) is 0 Å². The Hall–Kier alpha value is -3.39. The number of carbonyl (C=O) groups excluding carboxylic acids is 2. The van der Waals surface area contributed by atoms with E-state index in [1.54, 1.807) is 0 Å². The third-order valence-electron chi connectivity index (χ3n) is 5.65. The van der Waals surface area contributed by atoms with Crippen molar-refractivity contribution in [3.05, 3.63) is 59.7 Å². The molecule has 2 aromatic rings. The Morgan fingerprint density at radius 2 is 1.61 bits per heavy atom. The van der Waals surface area contributed by atoms with Gasteiger partial charge in [-0.1, -0.05) is 62.4 Å². The summed E-state index contributed by atoms with van der Waals surface area (Å²) >= 11 is 0. The number of aliphatic carboxylic acids is 1. The molecule has 8 nitrogen and oxygen atoms in total. The second-order valence-corrected chi connectivity index (χ2v) is 8.32. The Labute approximate surface area is 193 Å². The van der Waals surface area contributed by atoms with Crippen LogP contribution in [0.2, 0.25) is 0 Å². The molecule has 0 saturated heterocycles. The van der Waals surface area contributed by atoms with Crippen LogP contribution in [0, 0.1) is 5.92 Å². The van der Waals surface area contributed by atoms with Crippen LogP contribution in [0.1, 0.15) is 37.3 Å². The van der Waals surface area contributed by atoms with E-state index in [4.69, 9.17) is 14.6 Å². The molecule has 3 rings (SSSR count). The molecule has 0 bridgehead atoms. The van der Waals surface area contributed by atoms with Gasteiger partial charge in [-0.15, -0.1) is 0 Å². The summed E-state index contributed by atoms with van der Waals surface area (Å²) in [6.07, 6.45) is -0.478. The molecular formula is C25H30N2O6. The van der Waals surface area contributed by atoms with Crippen LogP contribution >= 0.6 is 0 Å². The number of fused-ring (bicyclic) bond motifs is 3. The lowest BCUT2D eigenvalue weighted by Crippen LogP contribution is -2.43. The number of nitrogens with one attached hydrogen (secondary N) is 2. The summed E-state index contributed by atoms with van der Waals surface area (Å²) in [6, 6.07) is 15.8. The Balaban J connectivity index is 1.50. The summed E-state index contributed by atoms with van der Waals surface area (Å²) in [4.78, 5) is 35.2. The van der Waals surface area contributed by atoms with Crippen molar-refractivity contribution >= 4 is 18.0 Å². The van der Waals surface area contributed by atoms with Crippen molar-refractivity contribution in [3.8, 4) is 11.1 Å². The maximum atomic E-state index is 12.5. The van der Waals surface area contributed by atoms with Crippen LogP contribution in [0.4, 0.5) is 4.79 Å². The van der Waals surface area contributed by atoms with E-state index in [0.29, 0.717) is 0 Å². The number of benzene rings is 2. The molecule has 1 aliphatic rings. The minimum atomic E-state index is -1.06. The molecule has 0 radical (unpaired) electrons. The lowest BCUT2D eigenvalue weighted by Gasteiger charge is -2.22. The van der Waals surface area contributed by atoms with Crippen molar-refractivity contribution in [1.29, 1.82) is 0 Å². The number of carbonyl (C=O) groups is 3. The quantitative estimate of drug-likeness (QED) is 0.450. The molecule has 0 spiro atoms. The van der Waals surface area contributed by atoms with Gasteiger partial charge in [-0.3, -0.25) is 4.79 Å². The Morgan fingerprint density at radius 1 is 1.00 bits per heavy atom. The monoisotopic (exact) mass is 454 g/mol. The van der Waals surface area contributed by atoms with Crippen LogP contribution < -0.4 is 10.6 Å². The minimum absolute atomic E-state index is 0.0134. The molecule has 0 aliphatic heterocycles. The van der Waals surface area contributed by atoms with Gasteiger partial charge in [0.05, 0.1) is 6.61 Å². The average molecular weight is 455 g/mol. The predicted molar refractivity (Wildman–Crippen MR) is 123 cm³/mol. The van der Waals surface area contributed by atoms with Crippen molar-refractivity contribution in [3.63, 3.8) is 0 Å². The van der Waals surface area contributed by atoms with E-state index in [2.05, 4.69) is 34.9 Å². The molecule has 1 aliphatic carbocycles. The van der Waals surface area contributed by atoms with Crippen molar-refractivity contribution in [2.24, 2.45) is 5.92 Å². The zero-order valence-electron chi connectivity index (χ0n) is 18.9. The Morgan fingerprint density at radius 3 is 2.18 bits per heavy atom. The van der Waals surface area contributed by atoms with Gasteiger partial charge in [-0.2, -0.15) is 0 Å². The highest BCUT2D eigenvalue weighted by molar-refractivity contribution is 5.79. The summed E-state index contributed by atoms with van der Waals surface area (Å²) in [6.45, 7) is 3.92. The zero-order valence-corrected chi connectivity index (χ0v) is 18.9. The van der Waals surface area contributed by atoms with E-state index in [1.807, 2.05) is 38.1 Å². The second kappa shape index (κ2) is 11.5. The maximum absolute atomic E-state index is 12.5. The fourth-order valence-electron chi connectivity index (χ4n) is 3.94. The summed E-state index contributed by atoms with van der Waals surface area (Å²) in [5.41, 5.74) is 4.59. The van der Waals surface area contributed by atoms with Crippen LogP contribution in [0.3, 0.4) is 0 Å². The highest BCUT2D eigenvalue weighted by atomic mass is 16.5. The largest absolute Gasteiger partial charge is 0.480 e. The van der Waals surface area contributed by atoms with E-state index in [0.717, 1.165) is 22.3 Å². The lowest BCUT2D eigenvalue weighted by atomic mass is 9.98. The summed E-state index contributed by atoms with van der Waals surface area (Å²) in [7, 11) is 0. The standard InChI is InChI=1S/C25H30N2O6/c1-16(2)22(13-23(28)26-11-12-32-15-24(29)30)27-25(31)33-14-21-19-9-5-3-7-17(19)18-8-4-6-10-20(18)21/h3-10,16,21-22H,11-15H2,1-2H3,(H,26,28)(H,27,31)(H,29,30)/t22-/m1/s1. The SMILES string of the molecule is CC(C)[C@@H](CC(=O)NCCOCC(=O)O)NC(=O)OCC1c2ccccc2-c2ccccc21. The van der Waals surface area contributed by atoms with Gasteiger partial charge < -0.3 is 25.2 Å². The van der Waals surface area contributed by atoms with Crippen LogP contribution in [-0.4, -0.2) is 55.5 Å². The molecule has 0 heterocycles. The van der Waals surface area contributed by atoms with Crippen molar-refractivity contribution < 1.29 is 29.0 Å². The first-order valence-electron chi connectivity index (χ1n) is 11.0. The number of hydrogen-bond acceptors (Lipinski definition) is 5. The van der Waals surface area contributed by atoms with E-state index in [1.165, 1.54) is 0 Å². The van der Waals surface area contributed by atoms with E-state index in [9.17, 15) is 14.4 Å². The first-order chi connectivity index (χ1) is 15.9. The molecule has 2 aromatic carbocycles. The molecule has 1 atom stereocenters. The van der Waals surface area contributed by atoms with Crippen molar-refractivity contribution in [1.82, 2.24) is 10.6 Å². The number of amides is 2. The Bertz CT molecular complexity index is 945. The average Bonchev–Trinajstić information content (AvgIpc) is 3.10. The first-order valence-corrected chi connectivity index (χ1v) is 11.0. The lowest BCUT2D eigenvalue weighted by molar-refractivity contribution is -0.142. The minimum Gasteiger partial charge on any atom is -0.480 e. The van der Waals surface area contributed by atoms with Crippen LogP contribution in [0.25, 0.3) is 11.1 Å². The van der Waals surface area contributed by atoms with Gasteiger partial charge in [0.1, 0.15) is 13.2 Å². The molecule has 0 fully saturated rings. The third kappa shape index (κ3) is 6.55. The number of ether oxygens (including phenoxy) is 2. The molecule has 33 heavy (non-hydrogen) atoms. The number of carboxylic acids is 1. The predicted octanol–water partition coefficient (Wildman–Crippen LogP) is 3.16. The fraction of sp³-hybridized carbons (Fsp3) is 0.400. The number of alkyl carbamates (subject to hydrolysis) is 1. The molecule has 0 saturated carbocycles. The van der Waals surface area contributed by atoms with Crippen LogP contribution in [0.5, 0.6) is 0 Å². The van der Waals surface area contributed by atoms with Crippen LogP contribution in [-0.2, 0) is 19.1 Å². The van der Waals surface area contributed by atoms with E-state index >= 15 is 0 Å². The summed E-state index contributed by atoms with van der Waals surface area (Å²) in [5.74, 6) is -1.34. The maximum Gasteiger partial charge on any atom is 0.407 e. The normalized spacial score (nSPS) is 13.2. The van der Waals surface area contributed by atoms with Gasteiger partial charge in [0.25, 0.3) is 0 Å². The van der Waals surface area contributed by atoms with Gasteiger partial charge in [-0.25, -0.2) is 9.59 Å². The molecular weight excluding hydrogens is 424 g/mol. The smallest absolute Gasteiger partial charge is 0.407 e. The van der Waals surface area contributed by atoms with Gasteiger partial charge in [0, 0.05) is 24.9 Å². The van der Waals surface area contributed by atoms with Gasteiger partial charge in [-0.05, 0) is 28.2 Å². The highest BCUT2D eigenvalue weighted by Gasteiger charge is 2.29. The molecule has 0 unspecified atom stereocenters. The molecule has 0 aromatic heterocycles. The zero-order chi connectivity index (χ0) is 23.8. The van der Waals surface area contributed by atoms with E-state index in [-0.39, 0.29) is 43.9 Å². The van der Waals surface area contributed by atoms with Gasteiger partial charge >= 0.3 is 12.1 Å². The molecule has 2 amide bonds. The summed E-state index contributed by atoms with van der Waals surface area (Å²) < 4.78 is 10.5. The van der Waals surface area contributed by atoms with Crippen molar-refractivity contribution in [2.45, 2.75) is 32.2 Å². The number of rotatable bonds is 11. The second-order valence-electron chi connectivity index (χ2n) is 8.32. The van der Waals surface area contributed by atoms with E-state index < -0.39 is 24.7 Å².